The van der Waals surface area contributed by atoms with E-state index in [1.807, 2.05) is 12.1 Å². The number of nitrogens with zero attached hydrogens (tertiary/aromatic N) is 4. The number of ether oxygens (including phenoxy) is 4. The first kappa shape index (κ1) is 38.0. The number of amides is 1. The molecule has 1 unspecified atom stereocenters. The number of benzene rings is 3. The third-order valence-electron chi connectivity index (χ3n) is 8.23. The van der Waals surface area contributed by atoms with Crippen molar-refractivity contribution in [2.75, 3.05) is 38.2 Å². The Morgan fingerprint density at radius 3 is 2.39 bits per heavy atom. The predicted octanol–water partition coefficient (Wildman–Crippen LogP) is 7.61. The minimum absolute atomic E-state index is 0.0504. The van der Waals surface area contributed by atoms with Crippen molar-refractivity contribution in [3.8, 4) is 17.2 Å². The van der Waals surface area contributed by atoms with Gasteiger partial charge in [-0.05, 0) is 69.9 Å². The summed E-state index contributed by atoms with van der Waals surface area (Å²) in [7, 11) is -1.86. The minimum atomic E-state index is -4.75. The van der Waals surface area contributed by atoms with Gasteiger partial charge in [0.25, 0.3) is 10.0 Å². The summed E-state index contributed by atoms with van der Waals surface area (Å²) < 4.78 is 86.8. The van der Waals surface area contributed by atoms with Gasteiger partial charge in [-0.15, -0.1) is 0 Å². The fourth-order valence-electron chi connectivity index (χ4n) is 5.76. The van der Waals surface area contributed by atoms with E-state index >= 15 is 8.78 Å². The third kappa shape index (κ3) is 9.00. The van der Waals surface area contributed by atoms with Crippen LogP contribution in [0.3, 0.4) is 0 Å². The Hall–Kier alpha value is -4.21. The highest BCUT2D eigenvalue weighted by atomic mass is 35.5. The molecule has 11 nitrogen and oxygen atoms in total. The standard InChI is InChI=1S/C35H39ClF2N4O7S2/c1-21-39-33(50-40-21)42(19-23-9-12-26(46-5)15-30(23)47-6)51(44,45)32-17-28(37)31(16-29(32)38)48-20-24-18-41(34(43)49-35(2,3)4)14-13-27(24)22-7-10-25(36)11-8-22/h7-12,15-17,24,27H,13-14,18-20H2,1-6H3/t24-,27?/m0/s1. The zero-order chi connectivity index (χ0) is 37.1. The van der Waals surface area contributed by atoms with E-state index in [9.17, 15) is 13.2 Å². The second-order valence-corrected chi connectivity index (χ2v) is 16.0. The highest BCUT2D eigenvalue weighted by Gasteiger charge is 2.36. The lowest BCUT2D eigenvalue weighted by Gasteiger charge is -2.39. The van der Waals surface area contributed by atoms with Crippen molar-refractivity contribution in [1.29, 1.82) is 0 Å². The van der Waals surface area contributed by atoms with Crippen LogP contribution in [0, 0.1) is 24.5 Å². The Bertz CT molecular complexity index is 1970. The Morgan fingerprint density at radius 1 is 1.04 bits per heavy atom. The van der Waals surface area contributed by atoms with Crippen molar-refractivity contribution in [2.24, 2.45) is 5.92 Å². The Morgan fingerprint density at radius 2 is 1.76 bits per heavy atom. The molecule has 1 amide bonds. The SMILES string of the molecule is COc1ccc(CN(c2nc(C)ns2)S(=O)(=O)c2cc(F)c(OC[C@@H]3CN(C(=O)OC(C)(C)C)CCC3c3ccc(Cl)cc3)cc2F)c(OC)c1. The van der Waals surface area contributed by atoms with Crippen LogP contribution in [0.2, 0.25) is 5.02 Å². The van der Waals surface area contributed by atoms with E-state index in [4.69, 9.17) is 30.5 Å². The molecule has 1 aliphatic rings. The third-order valence-corrected chi connectivity index (χ3v) is 11.2. The van der Waals surface area contributed by atoms with Crippen molar-refractivity contribution in [2.45, 2.75) is 57.1 Å². The van der Waals surface area contributed by atoms with Crippen LogP contribution in [0.1, 0.15) is 50.1 Å². The van der Waals surface area contributed by atoms with E-state index < -0.39 is 44.0 Å². The van der Waals surface area contributed by atoms with E-state index in [2.05, 4.69) is 9.36 Å². The van der Waals surface area contributed by atoms with Gasteiger partial charge >= 0.3 is 6.09 Å². The van der Waals surface area contributed by atoms with E-state index in [0.29, 0.717) is 53.0 Å². The second kappa shape index (κ2) is 15.6. The molecule has 0 spiro atoms. The largest absolute Gasteiger partial charge is 0.497 e. The Balaban J connectivity index is 1.42. The van der Waals surface area contributed by atoms with Gasteiger partial charge < -0.3 is 23.8 Å². The van der Waals surface area contributed by atoms with Gasteiger partial charge in [-0.2, -0.15) is 4.37 Å². The molecule has 1 aliphatic heterocycles. The van der Waals surface area contributed by atoms with E-state index in [-0.39, 0.29) is 36.7 Å². The molecule has 1 saturated heterocycles. The zero-order valence-electron chi connectivity index (χ0n) is 29.0. The molecule has 51 heavy (non-hydrogen) atoms. The highest BCUT2D eigenvalue weighted by molar-refractivity contribution is 7.93. The first-order valence-electron chi connectivity index (χ1n) is 16.0. The molecule has 1 fully saturated rings. The van der Waals surface area contributed by atoms with E-state index in [0.717, 1.165) is 21.4 Å². The van der Waals surface area contributed by atoms with Crippen LogP contribution in [-0.2, 0) is 21.3 Å². The quantitative estimate of drug-likeness (QED) is 0.152. The van der Waals surface area contributed by atoms with Crippen molar-refractivity contribution >= 4 is 44.4 Å². The summed E-state index contributed by atoms with van der Waals surface area (Å²) in [5.41, 5.74) is 0.661. The fraction of sp³-hybridized carbons (Fsp3) is 0.400. The maximum absolute atomic E-state index is 15.9. The van der Waals surface area contributed by atoms with Gasteiger partial charge in [0.05, 0.1) is 27.4 Å². The number of carbonyl (C=O) groups excluding carboxylic acids is 1. The molecule has 5 rings (SSSR count). The molecule has 3 aromatic carbocycles. The molecule has 0 N–H and O–H groups in total. The van der Waals surface area contributed by atoms with Crippen LogP contribution >= 0.6 is 23.1 Å². The molecular formula is C35H39ClF2N4O7S2. The van der Waals surface area contributed by atoms with Crippen molar-refractivity contribution in [3.63, 3.8) is 0 Å². The first-order chi connectivity index (χ1) is 24.1. The van der Waals surface area contributed by atoms with Gasteiger partial charge in [0.15, 0.2) is 11.6 Å². The molecule has 16 heteroatoms. The van der Waals surface area contributed by atoms with Gasteiger partial charge in [0.2, 0.25) is 5.13 Å². The summed E-state index contributed by atoms with van der Waals surface area (Å²) in [5.74, 6) is -2.16. The lowest BCUT2D eigenvalue weighted by Crippen LogP contribution is -2.46. The van der Waals surface area contributed by atoms with Crippen molar-refractivity contribution in [1.82, 2.24) is 14.3 Å². The van der Waals surface area contributed by atoms with Crippen LogP contribution in [0.5, 0.6) is 17.2 Å². The average Bonchev–Trinajstić information content (AvgIpc) is 3.52. The summed E-state index contributed by atoms with van der Waals surface area (Å²) >= 11 is 6.91. The lowest BCUT2D eigenvalue weighted by atomic mass is 9.81. The number of rotatable bonds is 11. The molecule has 0 saturated carbocycles. The number of aryl methyl sites for hydroxylation is 1. The normalized spacial score (nSPS) is 16.5. The summed E-state index contributed by atoms with van der Waals surface area (Å²) in [5, 5.41) is 0.513. The number of sulfonamides is 1. The smallest absolute Gasteiger partial charge is 0.410 e. The zero-order valence-corrected chi connectivity index (χ0v) is 31.4. The molecular weight excluding hydrogens is 726 g/mol. The van der Waals surface area contributed by atoms with Gasteiger partial charge in [-0.25, -0.2) is 31.3 Å². The van der Waals surface area contributed by atoms with Crippen LogP contribution in [0.4, 0.5) is 18.7 Å². The fourth-order valence-corrected chi connectivity index (χ4v) is 8.21. The molecule has 2 atom stereocenters. The monoisotopic (exact) mass is 764 g/mol. The number of piperidine rings is 1. The molecule has 0 bridgehead atoms. The van der Waals surface area contributed by atoms with E-state index in [1.54, 1.807) is 62.9 Å². The topological polar surface area (TPSA) is 120 Å². The Labute approximate surface area is 305 Å². The highest BCUT2D eigenvalue weighted by Crippen LogP contribution is 2.37. The minimum Gasteiger partial charge on any atom is -0.497 e. The van der Waals surface area contributed by atoms with Crippen LogP contribution in [-0.4, -0.2) is 68.3 Å². The molecule has 4 aromatic rings. The van der Waals surface area contributed by atoms with Gasteiger partial charge in [0.1, 0.15) is 33.6 Å². The summed E-state index contributed by atoms with van der Waals surface area (Å²) in [6.07, 6.45) is 0.0688. The van der Waals surface area contributed by atoms with Gasteiger partial charge in [0, 0.05) is 59.3 Å². The number of aromatic nitrogens is 2. The van der Waals surface area contributed by atoms with Gasteiger partial charge in [-0.1, -0.05) is 23.7 Å². The number of likely N-dealkylation sites (tertiary alicyclic amines) is 1. The van der Waals surface area contributed by atoms with Gasteiger partial charge in [-0.3, -0.25) is 0 Å². The number of hydrogen-bond acceptors (Lipinski definition) is 10. The maximum Gasteiger partial charge on any atom is 0.410 e. The predicted molar refractivity (Wildman–Crippen MR) is 190 cm³/mol. The molecule has 274 valence electrons. The summed E-state index contributed by atoms with van der Waals surface area (Å²) in [6.45, 7) is 7.12. The van der Waals surface area contributed by atoms with Crippen LogP contribution in [0.15, 0.2) is 59.5 Å². The van der Waals surface area contributed by atoms with E-state index in [1.165, 1.54) is 14.2 Å². The number of carbonyl (C=O) groups is 1. The number of halogens is 3. The average molecular weight is 765 g/mol. The maximum atomic E-state index is 15.9. The first-order valence-corrected chi connectivity index (χ1v) is 18.6. The van der Waals surface area contributed by atoms with Crippen LogP contribution in [0.25, 0.3) is 0 Å². The summed E-state index contributed by atoms with van der Waals surface area (Å²) in [4.78, 5) is 17.8. The number of hydrogen-bond donors (Lipinski definition) is 0. The van der Waals surface area contributed by atoms with Crippen molar-refractivity contribution < 1.29 is 40.9 Å². The second-order valence-electron chi connectivity index (χ2n) is 13.0. The number of anilines is 1. The van der Waals surface area contributed by atoms with Crippen molar-refractivity contribution in [3.05, 3.63) is 88.2 Å². The molecule has 0 aliphatic carbocycles. The lowest BCUT2D eigenvalue weighted by molar-refractivity contribution is 0.0110. The Kier molecular flexibility index (Phi) is 11.6. The molecule has 0 radical (unpaired) electrons. The number of methoxy groups -OCH3 is 2. The summed E-state index contributed by atoms with van der Waals surface area (Å²) in [6, 6.07) is 13.4. The van der Waals surface area contributed by atoms with Crippen LogP contribution < -0.4 is 18.5 Å². The molecule has 1 aromatic heterocycles. The molecule has 2 heterocycles.